The van der Waals surface area contributed by atoms with Crippen LogP contribution < -0.4 is 0 Å². The average molecular weight is 341 g/mol. The van der Waals surface area contributed by atoms with Crippen LogP contribution in [0.2, 0.25) is 0 Å². The lowest BCUT2D eigenvalue weighted by atomic mass is 10.2. The number of hydrogen-bond donors (Lipinski definition) is 0. The topological polar surface area (TPSA) is 72.9 Å². The van der Waals surface area contributed by atoms with Crippen molar-refractivity contribution in [3.8, 4) is 0 Å². The van der Waals surface area contributed by atoms with Crippen LogP contribution >= 0.6 is 0 Å². The van der Waals surface area contributed by atoms with E-state index in [-0.39, 0.29) is 18.0 Å². The van der Waals surface area contributed by atoms with Gasteiger partial charge in [0.05, 0.1) is 12.7 Å². The summed E-state index contributed by atoms with van der Waals surface area (Å²) in [5.41, 5.74) is 0.703. The molecule has 23 heavy (non-hydrogen) atoms. The molecule has 1 aromatic carbocycles. The molecule has 2 rings (SSSR count). The van der Waals surface area contributed by atoms with E-state index in [9.17, 15) is 13.2 Å². The van der Waals surface area contributed by atoms with Crippen molar-refractivity contribution in [2.45, 2.75) is 38.0 Å². The fourth-order valence-electron chi connectivity index (χ4n) is 2.58. The maximum atomic E-state index is 12.2. The van der Waals surface area contributed by atoms with Crippen LogP contribution in [0.5, 0.6) is 0 Å². The average Bonchev–Trinajstić information content (AvgIpc) is 2.73. The molecule has 0 aliphatic carbocycles. The van der Waals surface area contributed by atoms with Crippen LogP contribution in [0.1, 0.15) is 31.7 Å². The van der Waals surface area contributed by atoms with Crippen LogP contribution in [0.4, 0.5) is 4.79 Å². The summed E-state index contributed by atoms with van der Waals surface area (Å²) >= 11 is 0. The third-order valence-electron chi connectivity index (χ3n) is 3.67. The third kappa shape index (κ3) is 5.84. The summed E-state index contributed by atoms with van der Waals surface area (Å²) in [5.74, 6) is -0.133. The molecule has 1 aromatic rings. The molecule has 1 fully saturated rings. The first-order valence-corrected chi connectivity index (χ1v) is 9.44. The van der Waals surface area contributed by atoms with E-state index in [1.165, 1.54) is 0 Å². The minimum atomic E-state index is -3.63. The molecule has 1 aliphatic heterocycles. The van der Waals surface area contributed by atoms with Gasteiger partial charge < -0.3 is 9.64 Å². The fraction of sp³-hybridized carbons (Fsp3) is 0.562. The van der Waals surface area contributed by atoms with Crippen LogP contribution in [0.15, 0.2) is 30.3 Å². The van der Waals surface area contributed by atoms with Gasteiger partial charge in [-0.25, -0.2) is 4.79 Å². The van der Waals surface area contributed by atoms with Gasteiger partial charge in [0.15, 0.2) is 0 Å². The second kappa shape index (κ2) is 8.31. The molecule has 128 valence electrons. The number of hydrogen-bond acceptors (Lipinski definition) is 5. The molecule has 7 heteroatoms. The Kier molecular flexibility index (Phi) is 6.41. The fourth-order valence-corrected chi connectivity index (χ4v) is 3.85. The van der Waals surface area contributed by atoms with Crippen molar-refractivity contribution >= 4 is 16.2 Å². The number of amides is 1. The van der Waals surface area contributed by atoms with Gasteiger partial charge in [-0.15, -0.1) is 0 Å². The van der Waals surface area contributed by atoms with Gasteiger partial charge in [-0.1, -0.05) is 30.3 Å². The lowest BCUT2D eigenvalue weighted by Gasteiger charge is -2.19. The Balaban J connectivity index is 1.89. The van der Waals surface area contributed by atoms with Crippen LogP contribution in [0.3, 0.4) is 0 Å². The first-order valence-electron chi connectivity index (χ1n) is 7.87. The number of benzene rings is 1. The first-order chi connectivity index (χ1) is 11.0. The Bertz CT molecular complexity index is 602. The zero-order chi connectivity index (χ0) is 16.7. The number of nitrogens with zero attached hydrogens (tertiary/aromatic N) is 1. The standard InChI is InChI=1S/C16H23NO5S/c1-2-21-16(18)17-11-6-9-15(10-12-17)22-23(19,20)13-14-7-4-3-5-8-14/h3-5,7-8,15H,2,6,9-13H2,1H3/t15-/m1/s1. The molecule has 0 unspecified atom stereocenters. The van der Waals surface area contributed by atoms with Crippen molar-refractivity contribution in [2.24, 2.45) is 0 Å². The van der Waals surface area contributed by atoms with Gasteiger partial charge in [0.2, 0.25) is 0 Å². The zero-order valence-corrected chi connectivity index (χ0v) is 14.1. The van der Waals surface area contributed by atoms with Crippen LogP contribution in [-0.2, 0) is 24.8 Å². The Morgan fingerprint density at radius 2 is 1.96 bits per heavy atom. The summed E-state index contributed by atoms with van der Waals surface area (Å²) in [6.07, 6.45) is 1.07. The highest BCUT2D eigenvalue weighted by molar-refractivity contribution is 7.85. The molecule has 0 N–H and O–H groups in total. The van der Waals surface area contributed by atoms with Crippen LogP contribution in [0, 0.1) is 0 Å². The molecular formula is C16H23NO5S. The highest BCUT2D eigenvalue weighted by atomic mass is 32.2. The van der Waals surface area contributed by atoms with Crippen molar-refractivity contribution in [1.29, 1.82) is 0 Å². The van der Waals surface area contributed by atoms with Gasteiger partial charge >= 0.3 is 6.09 Å². The molecular weight excluding hydrogens is 318 g/mol. The molecule has 1 heterocycles. The molecule has 0 radical (unpaired) electrons. The number of ether oxygens (including phenoxy) is 1. The van der Waals surface area contributed by atoms with E-state index in [2.05, 4.69) is 0 Å². The summed E-state index contributed by atoms with van der Waals surface area (Å²) in [4.78, 5) is 13.3. The highest BCUT2D eigenvalue weighted by Gasteiger charge is 2.25. The monoisotopic (exact) mass is 341 g/mol. The number of carbonyl (C=O) groups excluding carboxylic acids is 1. The zero-order valence-electron chi connectivity index (χ0n) is 13.3. The van der Waals surface area contributed by atoms with Crippen molar-refractivity contribution in [2.75, 3.05) is 19.7 Å². The van der Waals surface area contributed by atoms with Gasteiger partial charge in [-0.05, 0) is 31.7 Å². The maximum absolute atomic E-state index is 12.2. The van der Waals surface area contributed by atoms with Gasteiger partial charge in [-0.2, -0.15) is 8.42 Å². The predicted molar refractivity (Wildman–Crippen MR) is 86.4 cm³/mol. The van der Waals surface area contributed by atoms with Gasteiger partial charge in [0, 0.05) is 13.1 Å². The number of carbonyl (C=O) groups is 1. The summed E-state index contributed by atoms with van der Waals surface area (Å²) in [7, 11) is -3.63. The summed E-state index contributed by atoms with van der Waals surface area (Å²) < 4.78 is 34.7. The molecule has 0 saturated carbocycles. The van der Waals surface area contributed by atoms with Crippen molar-refractivity contribution in [1.82, 2.24) is 4.90 Å². The molecule has 0 spiro atoms. The molecule has 1 aliphatic rings. The van der Waals surface area contributed by atoms with Crippen molar-refractivity contribution in [3.63, 3.8) is 0 Å². The Labute approximate surface area is 137 Å². The Morgan fingerprint density at radius 1 is 1.22 bits per heavy atom. The van der Waals surface area contributed by atoms with E-state index in [1.54, 1.807) is 36.1 Å². The molecule has 1 amide bonds. The van der Waals surface area contributed by atoms with Crippen molar-refractivity contribution in [3.05, 3.63) is 35.9 Å². The van der Waals surface area contributed by atoms with Crippen molar-refractivity contribution < 1.29 is 22.1 Å². The van der Waals surface area contributed by atoms with E-state index >= 15 is 0 Å². The lowest BCUT2D eigenvalue weighted by molar-refractivity contribution is 0.107. The van der Waals surface area contributed by atoms with Gasteiger partial charge in [-0.3, -0.25) is 4.18 Å². The Morgan fingerprint density at radius 3 is 2.65 bits per heavy atom. The summed E-state index contributed by atoms with van der Waals surface area (Å²) in [5, 5.41) is 0. The normalized spacial score (nSPS) is 19.2. The Hall–Kier alpha value is -1.60. The highest BCUT2D eigenvalue weighted by Crippen LogP contribution is 2.19. The van der Waals surface area contributed by atoms with Crippen LogP contribution in [-0.4, -0.2) is 45.2 Å². The molecule has 1 saturated heterocycles. The summed E-state index contributed by atoms with van der Waals surface area (Å²) in [6.45, 7) is 3.11. The number of rotatable bonds is 5. The second-order valence-electron chi connectivity index (χ2n) is 5.52. The summed E-state index contributed by atoms with van der Waals surface area (Å²) in [6, 6.07) is 8.96. The van der Waals surface area contributed by atoms with Gasteiger partial charge in [0.1, 0.15) is 5.75 Å². The largest absolute Gasteiger partial charge is 0.450 e. The molecule has 1 atom stereocenters. The molecule has 0 aromatic heterocycles. The molecule has 6 nitrogen and oxygen atoms in total. The second-order valence-corrected chi connectivity index (χ2v) is 7.12. The predicted octanol–water partition coefficient (Wildman–Crippen LogP) is 2.54. The minimum absolute atomic E-state index is 0.133. The third-order valence-corrected chi connectivity index (χ3v) is 4.92. The first kappa shape index (κ1) is 17.7. The lowest BCUT2D eigenvalue weighted by Crippen LogP contribution is -2.33. The van der Waals surface area contributed by atoms with E-state index < -0.39 is 10.1 Å². The van der Waals surface area contributed by atoms with E-state index in [1.807, 2.05) is 6.07 Å². The quantitative estimate of drug-likeness (QED) is 0.770. The number of likely N-dealkylation sites (tertiary alicyclic amines) is 1. The maximum Gasteiger partial charge on any atom is 0.409 e. The van der Waals surface area contributed by atoms with Crippen LogP contribution in [0.25, 0.3) is 0 Å². The minimum Gasteiger partial charge on any atom is -0.450 e. The van der Waals surface area contributed by atoms with E-state index in [0.29, 0.717) is 44.5 Å². The molecule has 0 bridgehead atoms. The smallest absolute Gasteiger partial charge is 0.409 e. The SMILES string of the molecule is CCOC(=O)N1CCC[C@@H](OS(=O)(=O)Cc2ccccc2)CC1. The van der Waals surface area contributed by atoms with E-state index in [4.69, 9.17) is 8.92 Å². The van der Waals surface area contributed by atoms with Gasteiger partial charge in [0.25, 0.3) is 10.1 Å². The van der Waals surface area contributed by atoms with E-state index in [0.717, 1.165) is 0 Å².